The van der Waals surface area contributed by atoms with Crippen LogP contribution in [0.5, 0.6) is 0 Å². The molecule has 1 saturated heterocycles. The summed E-state index contributed by atoms with van der Waals surface area (Å²) in [6.45, 7) is 3.39. The highest BCUT2D eigenvalue weighted by Crippen LogP contribution is 2.15. The quantitative estimate of drug-likeness (QED) is 0.683. The Morgan fingerprint density at radius 2 is 2.44 bits per heavy atom. The van der Waals surface area contributed by atoms with Crippen LogP contribution in [0.3, 0.4) is 0 Å². The second-order valence-corrected chi connectivity index (χ2v) is 4.02. The van der Waals surface area contributed by atoms with Crippen LogP contribution in [0.4, 0.5) is 0 Å². The van der Waals surface area contributed by atoms with Gasteiger partial charge in [0.25, 0.3) is 5.91 Å². The third-order valence-electron chi connectivity index (χ3n) is 2.91. The molecule has 2 aliphatic rings. The summed E-state index contributed by atoms with van der Waals surface area (Å²) in [5, 5.41) is 2.73. The van der Waals surface area contributed by atoms with Crippen molar-refractivity contribution in [3.05, 3.63) is 11.8 Å². The van der Waals surface area contributed by atoms with Gasteiger partial charge < -0.3 is 15.0 Å². The lowest BCUT2D eigenvalue weighted by Gasteiger charge is -2.33. The number of rotatable bonds is 1. The van der Waals surface area contributed by atoms with Gasteiger partial charge in [-0.2, -0.15) is 0 Å². The van der Waals surface area contributed by atoms with Crippen LogP contribution in [0.15, 0.2) is 11.8 Å². The molecule has 2 rings (SSSR count). The average molecular weight is 224 g/mol. The second kappa shape index (κ2) is 4.55. The molecule has 0 aromatic carbocycles. The Balaban J connectivity index is 2.08. The fraction of sp³-hybridized carbons (Fsp3) is 0.636. The molecule has 2 amide bonds. The summed E-state index contributed by atoms with van der Waals surface area (Å²) in [7, 11) is 0. The summed E-state index contributed by atoms with van der Waals surface area (Å²) in [5.74, 6) is 0.130. The molecular weight excluding hydrogens is 208 g/mol. The first-order chi connectivity index (χ1) is 7.70. The topological polar surface area (TPSA) is 58.6 Å². The number of ether oxygens (including phenoxy) is 1. The van der Waals surface area contributed by atoms with Gasteiger partial charge in [-0.05, 0) is 25.8 Å². The highest BCUT2D eigenvalue weighted by atomic mass is 16.5. The van der Waals surface area contributed by atoms with Gasteiger partial charge in [-0.25, -0.2) is 0 Å². The van der Waals surface area contributed by atoms with E-state index in [1.54, 1.807) is 11.8 Å². The van der Waals surface area contributed by atoms with E-state index in [9.17, 15) is 9.59 Å². The van der Waals surface area contributed by atoms with Gasteiger partial charge in [-0.1, -0.05) is 0 Å². The van der Waals surface area contributed by atoms with E-state index in [0.717, 1.165) is 12.8 Å². The molecule has 0 aromatic rings. The molecule has 1 atom stereocenters. The van der Waals surface area contributed by atoms with Crippen molar-refractivity contribution in [2.24, 2.45) is 0 Å². The van der Waals surface area contributed by atoms with Crippen molar-refractivity contribution in [3.63, 3.8) is 0 Å². The van der Waals surface area contributed by atoms with Crippen molar-refractivity contribution < 1.29 is 14.3 Å². The predicted molar refractivity (Wildman–Crippen MR) is 57.5 cm³/mol. The molecule has 1 N–H and O–H groups in total. The first-order valence-electron chi connectivity index (χ1n) is 5.62. The lowest BCUT2D eigenvalue weighted by Crippen LogP contribution is -2.56. The summed E-state index contributed by atoms with van der Waals surface area (Å²) in [5.41, 5.74) is 0. The van der Waals surface area contributed by atoms with E-state index in [2.05, 4.69) is 5.32 Å². The standard InChI is InChI=1S/C11H16N2O3/c1-8-10(14)12-5-6-13(8)11(15)9-4-2-3-7-16-9/h4,8H,2-3,5-7H2,1H3,(H,12,14). The van der Waals surface area contributed by atoms with Crippen LogP contribution in [-0.4, -0.2) is 42.5 Å². The summed E-state index contributed by atoms with van der Waals surface area (Å²) >= 11 is 0. The third-order valence-corrected chi connectivity index (χ3v) is 2.91. The smallest absolute Gasteiger partial charge is 0.289 e. The van der Waals surface area contributed by atoms with Gasteiger partial charge >= 0.3 is 0 Å². The largest absolute Gasteiger partial charge is 0.488 e. The van der Waals surface area contributed by atoms with E-state index in [0.29, 0.717) is 25.5 Å². The maximum Gasteiger partial charge on any atom is 0.289 e. The highest BCUT2D eigenvalue weighted by Gasteiger charge is 2.31. The molecule has 0 aromatic heterocycles. The van der Waals surface area contributed by atoms with Crippen molar-refractivity contribution in [1.82, 2.24) is 10.2 Å². The van der Waals surface area contributed by atoms with Crippen LogP contribution in [0, 0.1) is 0 Å². The minimum atomic E-state index is -0.410. The van der Waals surface area contributed by atoms with Gasteiger partial charge in [-0.15, -0.1) is 0 Å². The molecule has 1 fully saturated rings. The van der Waals surface area contributed by atoms with Crippen molar-refractivity contribution in [3.8, 4) is 0 Å². The zero-order valence-corrected chi connectivity index (χ0v) is 9.36. The Hall–Kier alpha value is -1.52. The highest BCUT2D eigenvalue weighted by molar-refractivity contribution is 5.96. The average Bonchev–Trinajstić information content (AvgIpc) is 2.33. The summed E-state index contributed by atoms with van der Waals surface area (Å²) < 4.78 is 5.31. The Morgan fingerprint density at radius 3 is 3.12 bits per heavy atom. The summed E-state index contributed by atoms with van der Waals surface area (Å²) in [6, 6.07) is -0.410. The van der Waals surface area contributed by atoms with Gasteiger partial charge in [-0.3, -0.25) is 9.59 Å². The predicted octanol–water partition coefficient (Wildman–Crippen LogP) is 0.0276. The zero-order chi connectivity index (χ0) is 11.5. The van der Waals surface area contributed by atoms with Crippen molar-refractivity contribution in [2.75, 3.05) is 19.7 Å². The second-order valence-electron chi connectivity index (χ2n) is 4.02. The van der Waals surface area contributed by atoms with Gasteiger partial charge in [0.1, 0.15) is 6.04 Å². The molecule has 0 spiro atoms. The lowest BCUT2D eigenvalue weighted by atomic mass is 10.1. The molecule has 5 heteroatoms. The Kier molecular flexibility index (Phi) is 3.12. The summed E-state index contributed by atoms with van der Waals surface area (Å²) in [6.07, 6.45) is 3.63. The van der Waals surface area contributed by atoms with Crippen LogP contribution < -0.4 is 5.32 Å². The Bertz CT molecular complexity index is 338. The van der Waals surface area contributed by atoms with E-state index in [1.165, 1.54) is 0 Å². The number of hydrogen-bond donors (Lipinski definition) is 1. The van der Waals surface area contributed by atoms with Crippen LogP contribution in [0.25, 0.3) is 0 Å². The minimum Gasteiger partial charge on any atom is -0.488 e. The SMILES string of the molecule is CC1C(=O)NCCN1C(=O)C1=CCCCO1. The number of carbonyl (C=O) groups is 2. The number of nitrogens with zero attached hydrogens (tertiary/aromatic N) is 1. The number of allylic oxidation sites excluding steroid dienone is 1. The molecule has 16 heavy (non-hydrogen) atoms. The van der Waals surface area contributed by atoms with E-state index in [4.69, 9.17) is 4.74 Å². The number of hydrogen-bond acceptors (Lipinski definition) is 3. The van der Waals surface area contributed by atoms with Crippen molar-refractivity contribution >= 4 is 11.8 Å². The molecule has 2 aliphatic heterocycles. The number of piperazine rings is 1. The van der Waals surface area contributed by atoms with Gasteiger partial charge in [0.05, 0.1) is 6.61 Å². The Labute approximate surface area is 94.4 Å². The molecule has 0 saturated carbocycles. The fourth-order valence-electron chi connectivity index (χ4n) is 1.91. The molecule has 0 aliphatic carbocycles. The molecule has 0 bridgehead atoms. The van der Waals surface area contributed by atoms with E-state index in [-0.39, 0.29) is 11.8 Å². The number of amides is 2. The monoisotopic (exact) mass is 224 g/mol. The maximum atomic E-state index is 12.1. The molecular formula is C11H16N2O3. The molecule has 88 valence electrons. The third kappa shape index (κ3) is 2.03. The van der Waals surface area contributed by atoms with E-state index < -0.39 is 6.04 Å². The zero-order valence-electron chi connectivity index (χ0n) is 9.36. The first kappa shape index (κ1) is 11.0. The van der Waals surface area contributed by atoms with Crippen LogP contribution >= 0.6 is 0 Å². The molecule has 1 unspecified atom stereocenters. The van der Waals surface area contributed by atoms with E-state index in [1.807, 2.05) is 6.08 Å². The molecule has 5 nitrogen and oxygen atoms in total. The van der Waals surface area contributed by atoms with Gasteiger partial charge in [0, 0.05) is 13.1 Å². The van der Waals surface area contributed by atoms with Gasteiger partial charge in [0.15, 0.2) is 5.76 Å². The van der Waals surface area contributed by atoms with Crippen LogP contribution in [-0.2, 0) is 14.3 Å². The van der Waals surface area contributed by atoms with E-state index >= 15 is 0 Å². The molecule has 2 heterocycles. The maximum absolute atomic E-state index is 12.1. The van der Waals surface area contributed by atoms with Crippen LogP contribution in [0.1, 0.15) is 19.8 Å². The molecule has 0 radical (unpaired) electrons. The van der Waals surface area contributed by atoms with Crippen LogP contribution in [0.2, 0.25) is 0 Å². The Morgan fingerprint density at radius 1 is 1.62 bits per heavy atom. The number of carbonyl (C=O) groups excluding carboxylic acids is 2. The lowest BCUT2D eigenvalue weighted by molar-refractivity contribution is -0.142. The summed E-state index contributed by atoms with van der Waals surface area (Å²) in [4.78, 5) is 25.1. The van der Waals surface area contributed by atoms with Gasteiger partial charge in [0.2, 0.25) is 5.91 Å². The first-order valence-corrected chi connectivity index (χ1v) is 5.62. The fourth-order valence-corrected chi connectivity index (χ4v) is 1.91. The number of nitrogens with one attached hydrogen (secondary N) is 1. The van der Waals surface area contributed by atoms with Crippen molar-refractivity contribution in [2.45, 2.75) is 25.8 Å². The van der Waals surface area contributed by atoms with Crippen molar-refractivity contribution in [1.29, 1.82) is 0 Å². The normalized spacial score (nSPS) is 25.6. The minimum absolute atomic E-state index is 0.101.